The molecule has 0 unspecified atom stereocenters. The average molecular weight is 499 g/mol. The van der Waals surface area contributed by atoms with E-state index in [2.05, 4.69) is 9.55 Å². The van der Waals surface area contributed by atoms with Crippen molar-refractivity contribution in [2.75, 3.05) is 12.4 Å². The van der Waals surface area contributed by atoms with Crippen molar-refractivity contribution in [3.63, 3.8) is 0 Å². The molecule has 0 saturated heterocycles. The Labute approximate surface area is 202 Å². The van der Waals surface area contributed by atoms with Crippen molar-refractivity contribution in [1.82, 2.24) is 4.98 Å². The number of oxazole rings is 1. The van der Waals surface area contributed by atoms with Gasteiger partial charge in [-0.05, 0) is 37.5 Å². The molecule has 0 amide bonds. The van der Waals surface area contributed by atoms with Crippen LogP contribution >= 0.6 is 0 Å². The monoisotopic (exact) mass is 498 g/mol. The molecule has 2 aromatic carbocycles. The number of aromatic nitrogens is 2. The van der Waals surface area contributed by atoms with Crippen LogP contribution in [-0.2, 0) is 21.5 Å². The molecule has 0 spiro atoms. The number of rotatable bonds is 12. The number of hydrogen-bond acceptors (Lipinski definition) is 7. The molecule has 0 aliphatic heterocycles. The zero-order valence-electron chi connectivity index (χ0n) is 19.1. The summed E-state index contributed by atoms with van der Waals surface area (Å²) in [5.74, 6) is -0.258. The smallest absolute Gasteiger partial charge is 0.303 e. The molecular formula is C25H26N2O7S. The van der Waals surface area contributed by atoms with Gasteiger partial charge in [0.15, 0.2) is 11.8 Å². The summed E-state index contributed by atoms with van der Waals surface area (Å²) in [6, 6.07) is 15.1. The molecule has 0 aliphatic carbocycles. The summed E-state index contributed by atoms with van der Waals surface area (Å²) in [5.41, 5.74) is 3.08. The lowest BCUT2D eigenvalue weighted by Crippen LogP contribution is -2.34. The maximum atomic E-state index is 10.7. The van der Waals surface area contributed by atoms with E-state index in [-0.39, 0.29) is 19.4 Å². The quantitative estimate of drug-likeness (QED) is 0.177. The molecule has 2 aromatic heterocycles. The number of pyridine rings is 1. The molecule has 35 heavy (non-hydrogen) atoms. The molecule has 184 valence electrons. The Balaban J connectivity index is 1.52. The fourth-order valence-electron chi connectivity index (χ4n) is 3.94. The molecule has 0 radical (unpaired) electrons. The second-order valence-electron chi connectivity index (χ2n) is 8.26. The van der Waals surface area contributed by atoms with Gasteiger partial charge in [-0.1, -0.05) is 12.1 Å². The number of carboxylic acids is 1. The number of unbranched alkanes of at least 4 members (excludes halogenated alkanes) is 2. The molecule has 4 aromatic rings. The van der Waals surface area contributed by atoms with E-state index in [1.54, 1.807) is 18.2 Å². The minimum atomic E-state index is -4.25. The number of ether oxygens (including phenoxy) is 1. The number of fused-ring (bicyclic) bond motifs is 2. The number of aliphatic carboxylic acids is 1. The summed E-state index contributed by atoms with van der Waals surface area (Å²) in [6.45, 7) is 0.885. The zero-order valence-corrected chi connectivity index (χ0v) is 19.9. The van der Waals surface area contributed by atoms with E-state index in [9.17, 15) is 17.8 Å². The highest BCUT2D eigenvalue weighted by atomic mass is 32.2. The molecule has 2 heterocycles. The van der Waals surface area contributed by atoms with Crippen molar-refractivity contribution in [3.05, 3.63) is 54.7 Å². The van der Waals surface area contributed by atoms with Gasteiger partial charge in [0, 0.05) is 36.8 Å². The molecule has 0 bridgehead atoms. The lowest BCUT2D eigenvalue weighted by Gasteiger charge is -2.08. The van der Waals surface area contributed by atoms with Gasteiger partial charge in [0.05, 0.1) is 27.7 Å². The van der Waals surface area contributed by atoms with Gasteiger partial charge in [0.1, 0.15) is 17.8 Å². The van der Waals surface area contributed by atoms with Gasteiger partial charge in [0.2, 0.25) is 11.4 Å². The largest absolute Gasteiger partial charge is 0.748 e. The second-order valence-corrected chi connectivity index (χ2v) is 9.78. The molecule has 0 atom stereocenters. The van der Waals surface area contributed by atoms with Gasteiger partial charge in [-0.25, -0.2) is 13.4 Å². The van der Waals surface area contributed by atoms with E-state index in [4.69, 9.17) is 14.3 Å². The maximum absolute atomic E-state index is 10.7. The van der Waals surface area contributed by atoms with Gasteiger partial charge in [-0.3, -0.25) is 4.79 Å². The third kappa shape index (κ3) is 6.55. The Bertz CT molecular complexity index is 1450. The predicted molar refractivity (Wildman–Crippen MR) is 128 cm³/mol. The van der Waals surface area contributed by atoms with Crippen LogP contribution in [0.1, 0.15) is 32.1 Å². The van der Waals surface area contributed by atoms with E-state index in [0.717, 1.165) is 35.9 Å². The first-order chi connectivity index (χ1) is 16.8. The van der Waals surface area contributed by atoms with Crippen molar-refractivity contribution in [1.29, 1.82) is 0 Å². The predicted octanol–water partition coefficient (Wildman–Crippen LogP) is 3.89. The van der Waals surface area contributed by atoms with Crippen LogP contribution in [0.2, 0.25) is 0 Å². The standard InChI is InChI=1S/C25H26N2O7S/c28-24(29)9-2-1-5-13-27-14-12-20(19-7-3-4-8-22(19)27)25-26-21-11-10-18(17-23(21)34-25)33-15-6-16-35(30,31)32/h3-4,7-8,10-12,14,17H,1-2,5-6,9,13,15-16H2,(H-,28,29,30,31,32). The van der Waals surface area contributed by atoms with E-state index < -0.39 is 21.8 Å². The third-order valence-electron chi connectivity index (χ3n) is 5.61. The SMILES string of the molecule is O=C(O)CCCCC[n+]1ccc(-c2nc3ccc(OCCCS(=O)(=O)[O-])cc3o2)c2ccccc21. The number of para-hydroxylation sites is 1. The van der Waals surface area contributed by atoms with Crippen LogP contribution in [0, 0.1) is 0 Å². The summed E-state index contributed by atoms with van der Waals surface area (Å²) in [6.07, 6.45) is 4.68. The van der Waals surface area contributed by atoms with Gasteiger partial charge < -0.3 is 18.8 Å². The van der Waals surface area contributed by atoms with Crippen LogP contribution in [0.15, 0.2) is 59.1 Å². The van der Waals surface area contributed by atoms with E-state index in [0.29, 0.717) is 29.2 Å². The lowest BCUT2D eigenvalue weighted by molar-refractivity contribution is -0.671. The lowest BCUT2D eigenvalue weighted by atomic mass is 10.1. The van der Waals surface area contributed by atoms with Gasteiger partial charge in [0.25, 0.3) is 0 Å². The summed E-state index contributed by atoms with van der Waals surface area (Å²) < 4.78 is 45.9. The highest BCUT2D eigenvalue weighted by Gasteiger charge is 2.17. The van der Waals surface area contributed by atoms with Crippen molar-refractivity contribution in [2.24, 2.45) is 0 Å². The first-order valence-corrected chi connectivity index (χ1v) is 13.0. The Morgan fingerprint density at radius 3 is 2.71 bits per heavy atom. The number of nitrogens with zero attached hydrogens (tertiary/aromatic N) is 2. The minimum Gasteiger partial charge on any atom is -0.748 e. The molecule has 0 saturated carbocycles. The van der Waals surface area contributed by atoms with Crippen LogP contribution in [0.4, 0.5) is 0 Å². The zero-order chi connectivity index (χ0) is 24.8. The number of benzene rings is 2. The summed E-state index contributed by atoms with van der Waals surface area (Å²) in [7, 11) is -4.25. The molecule has 10 heteroatoms. The fourth-order valence-corrected chi connectivity index (χ4v) is 4.41. The number of carbonyl (C=O) groups is 1. The fraction of sp³-hybridized carbons (Fsp3) is 0.320. The molecule has 0 fully saturated rings. The van der Waals surface area contributed by atoms with Crippen LogP contribution in [-0.4, -0.2) is 41.4 Å². The Hall–Kier alpha value is -3.50. The summed E-state index contributed by atoms with van der Waals surface area (Å²) >= 11 is 0. The third-order valence-corrected chi connectivity index (χ3v) is 6.40. The first-order valence-electron chi connectivity index (χ1n) is 11.4. The van der Waals surface area contributed by atoms with Crippen molar-refractivity contribution < 1.29 is 36.6 Å². The second kappa shape index (κ2) is 10.8. The van der Waals surface area contributed by atoms with Crippen molar-refractivity contribution in [3.8, 4) is 17.2 Å². The minimum absolute atomic E-state index is 0.105. The molecule has 0 aliphatic rings. The van der Waals surface area contributed by atoms with Crippen molar-refractivity contribution in [2.45, 2.75) is 38.6 Å². The summed E-state index contributed by atoms with van der Waals surface area (Å²) in [5, 5.41) is 9.78. The Morgan fingerprint density at radius 1 is 1.09 bits per heavy atom. The van der Waals surface area contributed by atoms with Crippen LogP contribution in [0.25, 0.3) is 33.5 Å². The van der Waals surface area contributed by atoms with E-state index >= 15 is 0 Å². The maximum Gasteiger partial charge on any atom is 0.303 e. The Kier molecular flexibility index (Phi) is 7.62. The first kappa shape index (κ1) is 24.6. The topological polar surface area (TPSA) is 134 Å². The van der Waals surface area contributed by atoms with Crippen LogP contribution in [0.3, 0.4) is 0 Å². The number of hydrogen-bond donors (Lipinski definition) is 1. The normalized spacial score (nSPS) is 11.8. The van der Waals surface area contributed by atoms with Gasteiger partial charge >= 0.3 is 5.97 Å². The van der Waals surface area contributed by atoms with Crippen molar-refractivity contribution >= 4 is 38.1 Å². The average Bonchev–Trinajstić information content (AvgIpc) is 3.24. The molecule has 1 N–H and O–H groups in total. The number of carboxylic acid groups (broad SMARTS) is 1. The highest BCUT2D eigenvalue weighted by molar-refractivity contribution is 7.85. The van der Waals surface area contributed by atoms with Crippen LogP contribution < -0.4 is 9.30 Å². The van der Waals surface area contributed by atoms with E-state index in [1.165, 1.54) is 0 Å². The van der Waals surface area contributed by atoms with Gasteiger partial charge in [-0.2, -0.15) is 4.57 Å². The van der Waals surface area contributed by atoms with Gasteiger partial charge in [-0.15, -0.1) is 0 Å². The van der Waals surface area contributed by atoms with E-state index in [1.807, 2.05) is 36.5 Å². The highest BCUT2D eigenvalue weighted by Crippen LogP contribution is 2.30. The Morgan fingerprint density at radius 2 is 1.91 bits per heavy atom. The molecular weight excluding hydrogens is 472 g/mol. The molecule has 4 rings (SSSR count). The van der Waals surface area contributed by atoms with Crippen LogP contribution in [0.5, 0.6) is 5.75 Å². The summed E-state index contributed by atoms with van der Waals surface area (Å²) in [4.78, 5) is 15.3. The number of aryl methyl sites for hydroxylation is 1. The molecule has 9 nitrogen and oxygen atoms in total.